The molecule has 1 aliphatic carbocycles. The topological polar surface area (TPSA) is 90.3 Å². The first-order valence-electron chi connectivity index (χ1n) is 9.83. The molecule has 1 heterocycles. The first-order valence-corrected chi connectivity index (χ1v) is 10.6. The monoisotopic (exact) mass is 408 g/mol. The zero-order chi connectivity index (χ0) is 20.1. The molecule has 2 aromatic carbocycles. The first-order chi connectivity index (χ1) is 14.2. The Kier molecular flexibility index (Phi) is 5.95. The van der Waals surface area contributed by atoms with Crippen LogP contribution < -0.4 is 15.4 Å². The van der Waals surface area contributed by atoms with Gasteiger partial charge in [-0.15, -0.1) is 0 Å². The van der Waals surface area contributed by atoms with Crippen molar-refractivity contribution in [3.63, 3.8) is 0 Å². The van der Waals surface area contributed by atoms with E-state index in [1.54, 1.807) is 0 Å². The summed E-state index contributed by atoms with van der Waals surface area (Å²) in [6, 6.07) is 17.5. The number of benzene rings is 2. The molecule has 1 aliphatic rings. The molecular weight excluding hydrogens is 384 g/mol. The Labute approximate surface area is 174 Å². The van der Waals surface area contributed by atoms with Gasteiger partial charge in [0, 0.05) is 11.7 Å². The number of hydrogen-bond donors (Lipinski definition) is 4. The number of rotatable bonds is 6. The summed E-state index contributed by atoms with van der Waals surface area (Å²) in [6.07, 6.45) is 5.74. The predicted octanol–water partition coefficient (Wildman–Crippen LogP) is 5.63. The van der Waals surface area contributed by atoms with E-state index in [4.69, 9.17) is 10.1 Å². The molecular formula is C22H24N4O2S. The fraction of sp³-hybridized carbons (Fsp3) is 0.273. The van der Waals surface area contributed by atoms with Crippen LogP contribution in [0.2, 0.25) is 0 Å². The van der Waals surface area contributed by atoms with Crippen LogP contribution in [0.25, 0.3) is 0 Å². The van der Waals surface area contributed by atoms with Gasteiger partial charge in [0.05, 0.1) is 0 Å². The third kappa shape index (κ3) is 4.86. The van der Waals surface area contributed by atoms with Crippen LogP contribution in [0, 0.1) is 5.41 Å². The Morgan fingerprint density at radius 3 is 2.41 bits per heavy atom. The fourth-order valence-electron chi connectivity index (χ4n) is 3.48. The minimum absolute atomic E-state index is 0.116. The van der Waals surface area contributed by atoms with Gasteiger partial charge >= 0.3 is 0 Å². The smallest absolute Gasteiger partial charge is 0.236 e. The number of nitrogens with zero attached hydrogens (tertiary/aromatic N) is 1. The maximum absolute atomic E-state index is 10.2. The summed E-state index contributed by atoms with van der Waals surface area (Å²) >= 11 is 1.14. The van der Waals surface area contributed by atoms with Crippen LogP contribution in [-0.4, -0.2) is 21.4 Å². The lowest BCUT2D eigenvalue weighted by Gasteiger charge is -2.24. The van der Waals surface area contributed by atoms with Crippen LogP contribution in [0.3, 0.4) is 0 Å². The molecule has 29 heavy (non-hydrogen) atoms. The van der Waals surface area contributed by atoms with E-state index in [2.05, 4.69) is 15.0 Å². The Hall–Kier alpha value is -3.06. The highest BCUT2D eigenvalue weighted by atomic mass is 32.1. The normalized spacial score (nSPS) is 14.3. The van der Waals surface area contributed by atoms with E-state index < -0.39 is 0 Å². The summed E-state index contributed by atoms with van der Waals surface area (Å²) in [6.45, 7) is 0. The second-order valence-electron chi connectivity index (χ2n) is 7.13. The van der Waals surface area contributed by atoms with Gasteiger partial charge in [0.2, 0.25) is 5.88 Å². The molecule has 7 heteroatoms. The molecule has 0 aliphatic heterocycles. The number of anilines is 2. The first kappa shape index (κ1) is 19.3. The number of para-hydroxylation sites is 1. The van der Waals surface area contributed by atoms with Crippen molar-refractivity contribution in [3.05, 3.63) is 60.2 Å². The van der Waals surface area contributed by atoms with Crippen LogP contribution in [0.4, 0.5) is 10.7 Å². The second-order valence-corrected chi connectivity index (χ2v) is 7.90. The van der Waals surface area contributed by atoms with Crippen molar-refractivity contribution < 1.29 is 9.84 Å². The van der Waals surface area contributed by atoms with E-state index >= 15 is 0 Å². The van der Waals surface area contributed by atoms with E-state index in [0.29, 0.717) is 10.6 Å². The standard InChI is InChI=1S/C22H24N4O2S/c23-20(24-15-7-3-1-4-8-15)19-21(27)26-29-22(19)25-16-11-13-18(14-12-16)28-17-9-5-2-6-10-17/h2,5-6,9-15,25H,1,3-4,7-8H2,(H2,23,24)(H,26,27). The van der Waals surface area contributed by atoms with Crippen LogP contribution in [0.15, 0.2) is 54.6 Å². The number of aromatic hydroxyl groups is 1. The number of amidine groups is 1. The van der Waals surface area contributed by atoms with Crippen molar-refractivity contribution in [2.45, 2.75) is 38.1 Å². The lowest BCUT2D eigenvalue weighted by atomic mass is 9.95. The van der Waals surface area contributed by atoms with Gasteiger partial charge in [-0.3, -0.25) is 5.41 Å². The molecule has 150 valence electrons. The van der Waals surface area contributed by atoms with Crippen LogP contribution >= 0.6 is 11.5 Å². The summed E-state index contributed by atoms with van der Waals surface area (Å²) in [5, 5.41) is 25.8. The van der Waals surface area contributed by atoms with Crippen molar-refractivity contribution >= 4 is 28.1 Å². The summed E-state index contributed by atoms with van der Waals surface area (Å²) in [4.78, 5) is 0. The predicted molar refractivity (Wildman–Crippen MR) is 117 cm³/mol. The van der Waals surface area contributed by atoms with E-state index in [1.165, 1.54) is 19.3 Å². The Bertz CT molecular complexity index is 951. The maximum Gasteiger partial charge on any atom is 0.236 e. The highest BCUT2D eigenvalue weighted by Gasteiger charge is 2.21. The Morgan fingerprint density at radius 1 is 1.00 bits per heavy atom. The average Bonchev–Trinajstić information content (AvgIpc) is 3.11. The molecule has 4 N–H and O–H groups in total. The van der Waals surface area contributed by atoms with E-state index in [0.717, 1.165) is 41.6 Å². The third-order valence-corrected chi connectivity index (χ3v) is 5.72. The molecule has 1 aromatic heterocycles. The van der Waals surface area contributed by atoms with E-state index in [9.17, 15) is 5.11 Å². The lowest BCUT2D eigenvalue weighted by molar-refractivity contribution is 0.412. The van der Waals surface area contributed by atoms with Crippen LogP contribution in [0.5, 0.6) is 17.4 Å². The molecule has 0 spiro atoms. The van der Waals surface area contributed by atoms with Gasteiger partial charge in [0.25, 0.3) is 0 Å². The van der Waals surface area contributed by atoms with Crippen molar-refractivity contribution in [1.29, 1.82) is 5.41 Å². The molecule has 0 radical (unpaired) electrons. The third-order valence-electron chi connectivity index (χ3n) is 4.97. The van der Waals surface area contributed by atoms with Crippen molar-refractivity contribution in [2.75, 3.05) is 5.32 Å². The molecule has 0 saturated heterocycles. The fourth-order valence-corrected chi connectivity index (χ4v) is 4.19. The highest BCUT2D eigenvalue weighted by Crippen LogP contribution is 2.33. The SMILES string of the molecule is N=C(NC1CCCCC1)c1c(O)nsc1Nc1ccc(Oc2ccccc2)cc1. The Morgan fingerprint density at radius 2 is 1.69 bits per heavy atom. The summed E-state index contributed by atoms with van der Waals surface area (Å²) in [5.41, 5.74) is 1.26. The molecule has 3 aromatic rings. The maximum atomic E-state index is 10.2. The van der Waals surface area contributed by atoms with Gasteiger partial charge in [0.15, 0.2) is 0 Å². The van der Waals surface area contributed by atoms with Crippen molar-refractivity contribution in [2.24, 2.45) is 0 Å². The summed E-state index contributed by atoms with van der Waals surface area (Å²) < 4.78 is 9.84. The number of ether oxygens (including phenoxy) is 1. The quantitative estimate of drug-likeness (QED) is 0.313. The van der Waals surface area contributed by atoms with Gasteiger partial charge in [-0.2, -0.15) is 4.37 Å². The van der Waals surface area contributed by atoms with Gasteiger partial charge in [-0.1, -0.05) is 37.5 Å². The molecule has 4 rings (SSSR count). The summed E-state index contributed by atoms with van der Waals surface area (Å²) in [7, 11) is 0. The second kappa shape index (κ2) is 8.96. The number of nitrogens with one attached hydrogen (secondary N) is 3. The zero-order valence-corrected chi connectivity index (χ0v) is 16.8. The largest absolute Gasteiger partial charge is 0.492 e. The lowest BCUT2D eigenvalue weighted by Crippen LogP contribution is -2.36. The summed E-state index contributed by atoms with van der Waals surface area (Å²) in [5.74, 6) is 1.62. The Balaban J connectivity index is 1.43. The minimum Gasteiger partial charge on any atom is -0.492 e. The van der Waals surface area contributed by atoms with E-state index in [1.807, 2.05) is 54.6 Å². The minimum atomic E-state index is -0.116. The van der Waals surface area contributed by atoms with Crippen molar-refractivity contribution in [3.8, 4) is 17.4 Å². The average molecular weight is 409 g/mol. The number of aromatic nitrogens is 1. The molecule has 0 amide bonds. The molecule has 1 saturated carbocycles. The van der Waals surface area contributed by atoms with Gasteiger partial charge in [0.1, 0.15) is 27.9 Å². The van der Waals surface area contributed by atoms with Gasteiger partial charge < -0.3 is 20.5 Å². The van der Waals surface area contributed by atoms with Gasteiger partial charge in [-0.05, 0) is 60.8 Å². The van der Waals surface area contributed by atoms with Crippen LogP contribution in [-0.2, 0) is 0 Å². The van der Waals surface area contributed by atoms with Crippen LogP contribution in [0.1, 0.15) is 37.7 Å². The van der Waals surface area contributed by atoms with Crippen molar-refractivity contribution in [1.82, 2.24) is 9.69 Å². The molecule has 0 bridgehead atoms. The molecule has 0 unspecified atom stereocenters. The molecule has 6 nitrogen and oxygen atoms in total. The highest BCUT2D eigenvalue weighted by molar-refractivity contribution is 7.11. The molecule has 1 fully saturated rings. The zero-order valence-electron chi connectivity index (χ0n) is 16.0. The number of hydrogen-bond acceptors (Lipinski definition) is 6. The molecule has 0 atom stereocenters. The van der Waals surface area contributed by atoms with Gasteiger partial charge in [-0.25, -0.2) is 0 Å². The van der Waals surface area contributed by atoms with E-state index in [-0.39, 0.29) is 17.8 Å².